The Kier molecular flexibility index (Phi) is 5.60. The van der Waals surface area contributed by atoms with Crippen LogP contribution in [0.2, 0.25) is 5.02 Å². The monoisotopic (exact) mass is 373 g/mol. The number of hydrogen-bond acceptors (Lipinski definition) is 4. The number of methoxy groups -OCH3 is 1. The summed E-state index contributed by atoms with van der Waals surface area (Å²) < 4.78 is 5.65. The van der Waals surface area contributed by atoms with Crippen LogP contribution in [-0.2, 0) is 16.1 Å². The fourth-order valence-electron chi connectivity index (χ4n) is 1.76. The standard InChI is InChI=1S/C14H13BrClNO2S/c1-19-14(18)13(17-8-10-3-2-6-20-10)9-4-5-11(15)12(16)7-9/h2-7,13,17H,8H2,1H3. The Bertz CT molecular complexity index is 589. The topological polar surface area (TPSA) is 38.3 Å². The van der Waals surface area contributed by atoms with Gasteiger partial charge < -0.3 is 4.74 Å². The van der Waals surface area contributed by atoms with Crippen molar-refractivity contribution in [2.45, 2.75) is 12.6 Å². The number of carbonyl (C=O) groups excluding carboxylic acids is 1. The zero-order valence-electron chi connectivity index (χ0n) is 10.7. The van der Waals surface area contributed by atoms with Crippen molar-refractivity contribution in [1.82, 2.24) is 5.32 Å². The molecule has 6 heteroatoms. The number of thiophene rings is 1. The minimum absolute atomic E-state index is 0.333. The molecule has 0 aliphatic rings. The third-order valence-electron chi connectivity index (χ3n) is 2.77. The molecule has 0 saturated heterocycles. The summed E-state index contributed by atoms with van der Waals surface area (Å²) in [7, 11) is 1.38. The van der Waals surface area contributed by atoms with Gasteiger partial charge in [-0.05, 0) is 45.1 Å². The summed E-state index contributed by atoms with van der Waals surface area (Å²) in [5, 5.41) is 5.76. The molecule has 0 spiro atoms. The highest BCUT2D eigenvalue weighted by Crippen LogP contribution is 2.27. The molecule has 0 amide bonds. The first-order chi connectivity index (χ1) is 9.61. The smallest absolute Gasteiger partial charge is 0.327 e. The molecule has 1 aromatic carbocycles. The lowest BCUT2D eigenvalue weighted by Gasteiger charge is -2.17. The number of nitrogens with one attached hydrogen (secondary N) is 1. The molecule has 0 aliphatic carbocycles. The number of rotatable bonds is 5. The van der Waals surface area contributed by atoms with Gasteiger partial charge in [-0.3, -0.25) is 5.32 Å². The van der Waals surface area contributed by atoms with Gasteiger partial charge in [-0.1, -0.05) is 23.7 Å². The predicted molar refractivity (Wildman–Crippen MR) is 85.1 cm³/mol. The van der Waals surface area contributed by atoms with Crippen molar-refractivity contribution < 1.29 is 9.53 Å². The first-order valence-electron chi connectivity index (χ1n) is 5.90. The van der Waals surface area contributed by atoms with Crippen molar-refractivity contribution in [3.05, 3.63) is 55.6 Å². The van der Waals surface area contributed by atoms with Crippen molar-refractivity contribution in [3.8, 4) is 0 Å². The molecular formula is C14H13BrClNO2S. The molecular weight excluding hydrogens is 362 g/mol. The second-order valence-corrected chi connectivity index (χ2v) is 6.38. The van der Waals surface area contributed by atoms with Crippen molar-refractivity contribution in [3.63, 3.8) is 0 Å². The number of ether oxygens (including phenoxy) is 1. The fourth-order valence-corrected chi connectivity index (χ4v) is 2.85. The summed E-state index contributed by atoms with van der Waals surface area (Å²) in [5.41, 5.74) is 0.779. The van der Waals surface area contributed by atoms with Gasteiger partial charge >= 0.3 is 5.97 Å². The van der Waals surface area contributed by atoms with E-state index in [2.05, 4.69) is 21.2 Å². The molecule has 0 aliphatic heterocycles. The quantitative estimate of drug-likeness (QED) is 0.798. The van der Waals surface area contributed by atoms with Gasteiger partial charge in [0.1, 0.15) is 6.04 Å². The van der Waals surface area contributed by atoms with E-state index in [0.717, 1.165) is 14.9 Å². The third kappa shape index (κ3) is 3.82. The van der Waals surface area contributed by atoms with Gasteiger partial charge in [-0.2, -0.15) is 0 Å². The maximum absolute atomic E-state index is 11.9. The minimum Gasteiger partial charge on any atom is -0.468 e. The highest BCUT2D eigenvalue weighted by atomic mass is 79.9. The first-order valence-corrected chi connectivity index (χ1v) is 7.95. The van der Waals surface area contributed by atoms with Crippen LogP contribution in [-0.4, -0.2) is 13.1 Å². The fraction of sp³-hybridized carbons (Fsp3) is 0.214. The van der Waals surface area contributed by atoms with Gasteiger partial charge in [0.05, 0.1) is 12.1 Å². The van der Waals surface area contributed by atoms with E-state index in [9.17, 15) is 4.79 Å². The molecule has 106 valence electrons. The highest BCUT2D eigenvalue weighted by molar-refractivity contribution is 9.10. The molecule has 1 N–H and O–H groups in total. The third-order valence-corrected chi connectivity index (χ3v) is 4.88. The first kappa shape index (κ1) is 15.5. The average Bonchev–Trinajstić information content (AvgIpc) is 2.95. The molecule has 1 unspecified atom stereocenters. The lowest BCUT2D eigenvalue weighted by atomic mass is 10.1. The van der Waals surface area contributed by atoms with Gasteiger partial charge in [-0.15, -0.1) is 11.3 Å². The molecule has 20 heavy (non-hydrogen) atoms. The van der Waals surface area contributed by atoms with Crippen LogP contribution in [0.15, 0.2) is 40.2 Å². The second-order valence-electron chi connectivity index (χ2n) is 4.09. The molecule has 2 aromatic rings. The Balaban J connectivity index is 2.18. The largest absolute Gasteiger partial charge is 0.468 e. The van der Waals surface area contributed by atoms with Crippen LogP contribution in [0, 0.1) is 0 Å². The van der Waals surface area contributed by atoms with Gasteiger partial charge in [0.2, 0.25) is 0 Å². The molecule has 0 saturated carbocycles. The molecule has 1 atom stereocenters. The van der Waals surface area contributed by atoms with Crippen LogP contribution in [0.5, 0.6) is 0 Å². The number of benzene rings is 1. The lowest BCUT2D eigenvalue weighted by molar-refractivity contribution is -0.143. The molecule has 1 heterocycles. The Labute approximate surface area is 135 Å². The highest BCUT2D eigenvalue weighted by Gasteiger charge is 2.21. The summed E-state index contributed by atoms with van der Waals surface area (Å²) in [4.78, 5) is 13.1. The Morgan fingerprint density at radius 2 is 2.30 bits per heavy atom. The Morgan fingerprint density at radius 3 is 2.90 bits per heavy atom. The minimum atomic E-state index is -0.535. The maximum atomic E-state index is 11.9. The van der Waals surface area contributed by atoms with Crippen molar-refractivity contribution in [1.29, 1.82) is 0 Å². The zero-order valence-corrected chi connectivity index (χ0v) is 13.9. The SMILES string of the molecule is COC(=O)C(NCc1cccs1)c1ccc(Br)c(Cl)c1. The summed E-state index contributed by atoms with van der Waals surface area (Å²) >= 11 is 11.1. The summed E-state index contributed by atoms with van der Waals surface area (Å²) in [5.74, 6) is -0.333. The lowest BCUT2D eigenvalue weighted by Crippen LogP contribution is -2.29. The number of hydrogen-bond donors (Lipinski definition) is 1. The Hall–Kier alpha value is -0.880. The maximum Gasteiger partial charge on any atom is 0.327 e. The van der Waals surface area contributed by atoms with Crippen LogP contribution in [0.4, 0.5) is 0 Å². The van der Waals surface area contributed by atoms with Gasteiger partial charge in [0.25, 0.3) is 0 Å². The van der Waals surface area contributed by atoms with Crippen molar-refractivity contribution in [2.75, 3.05) is 7.11 Å². The molecule has 3 nitrogen and oxygen atoms in total. The normalized spacial score (nSPS) is 12.2. The summed E-state index contributed by atoms with van der Waals surface area (Å²) in [6.07, 6.45) is 0. The van der Waals surface area contributed by atoms with E-state index in [4.69, 9.17) is 16.3 Å². The molecule has 0 fully saturated rings. The van der Waals surface area contributed by atoms with Gasteiger partial charge in [0.15, 0.2) is 0 Å². The van der Waals surface area contributed by atoms with E-state index in [1.807, 2.05) is 29.6 Å². The van der Waals surface area contributed by atoms with E-state index in [1.54, 1.807) is 17.4 Å². The number of carbonyl (C=O) groups is 1. The molecule has 0 bridgehead atoms. The van der Waals surface area contributed by atoms with Gasteiger partial charge in [0, 0.05) is 15.9 Å². The van der Waals surface area contributed by atoms with E-state index in [-0.39, 0.29) is 5.97 Å². The van der Waals surface area contributed by atoms with E-state index in [1.165, 1.54) is 7.11 Å². The van der Waals surface area contributed by atoms with Crippen molar-refractivity contribution >= 4 is 44.8 Å². The van der Waals surface area contributed by atoms with Crippen LogP contribution in [0.1, 0.15) is 16.5 Å². The second kappa shape index (κ2) is 7.22. The predicted octanol–water partition coefficient (Wildman–Crippen LogP) is 4.17. The zero-order chi connectivity index (χ0) is 14.5. The summed E-state index contributed by atoms with van der Waals surface area (Å²) in [6, 6.07) is 8.88. The van der Waals surface area contributed by atoms with E-state index < -0.39 is 6.04 Å². The molecule has 1 aromatic heterocycles. The van der Waals surface area contributed by atoms with Crippen LogP contribution in [0.3, 0.4) is 0 Å². The average molecular weight is 375 g/mol. The van der Waals surface area contributed by atoms with E-state index in [0.29, 0.717) is 11.6 Å². The van der Waals surface area contributed by atoms with Crippen LogP contribution in [0.25, 0.3) is 0 Å². The van der Waals surface area contributed by atoms with Crippen molar-refractivity contribution in [2.24, 2.45) is 0 Å². The Morgan fingerprint density at radius 1 is 1.50 bits per heavy atom. The van der Waals surface area contributed by atoms with Crippen LogP contribution >= 0.6 is 38.9 Å². The summed E-state index contributed by atoms with van der Waals surface area (Å²) in [6.45, 7) is 0.602. The number of esters is 1. The van der Waals surface area contributed by atoms with E-state index >= 15 is 0 Å². The van der Waals surface area contributed by atoms with Crippen LogP contribution < -0.4 is 5.32 Å². The molecule has 0 radical (unpaired) electrons. The van der Waals surface area contributed by atoms with Gasteiger partial charge in [-0.25, -0.2) is 4.79 Å². The number of halogens is 2. The molecule has 2 rings (SSSR count).